The molecule has 1 aromatic rings. The minimum atomic E-state index is -3.40. The van der Waals surface area contributed by atoms with Gasteiger partial charge in [-0.05, 0) is 0 Å². The zero-order chi connectivity index (χ0) is 14.9. The lowest BCUT2D eigenvalue weighted by atomic mass is 9.89. The van der Waals surface area contributed by atoms with E-state index in [1.54, 1.807) is 6.20 Å². The molecule has 2 aliphatic heterocycles. The Morgan fingerprint density at radius 3 is 2.60 bits per heavy atom. The summed E-state index contributed by atoms with van der Waals surface area (Å²) in [7, 11) is -2.04. The Morgan fingerprint density at radius 1 is 1.40 bits per heavy atom. The van der Waals surface area contributed by atoms with E-state index in [-0.39, 0.29) is 17.1 Å². The first-order valence-corrected chi connectivity index (χ1v) is 8.18. The predicted molar refractivity (Wildman–Crippen MR) is 74.2 cm³/mol. The van der Waals surface area contributed by atoms with E-state index in [4.69, 9.17) is 4.74 Å². The SMILES string of the molecule is CO[C@H]1C(=O)N2c3c(c[nH]c3C(C)(C)C)CS(=O)(=O)[C@H]12. The van der Waals surface area contributed by atoms with Crippen molar-refractivity contribution in [3.63, 3.8) is 0 Å². The Hall–Kier alpha value is -1.34. The highest BCUT2D eigenvalue weighted by Gasteiger charge is 2.59. The molecule has 6 nitrogen and oxygen atoms in total. The molecule has 1 amide bonds. The van der Waals surface area contributed by atoms with Crippen LogP contribution in [0.5, 0.6) is 0 Å². The van der Waals surface area contributed by atoms with Crippen LogP contribution in [0.1, 0.15) is 32.0 Å². The van der Waals surface area contributed by atoms with Crippen LogP contribution in [0.4, 0.5) is 5.69 Å². The average molecular weight is 298 g/mol. The summed E-state index contributed by atoms with van der Waals surface area (Å²) >= 11 is 0. The maximum atomic E-state index is 12.3. The second-order valence-electron chi connectivity index (χ2n) is 6.35. The van der Waals surface area contributed by atoms with Gasteiger partial charge in [0.2, 0.25) is 0 Å². The van der Waals surface area contributed by atoms with E-state index in [2.05, 4.69) is 4.98 Å². The lowest BCUT2D eigenvalue weighted by Gasteiger charge is -2.48. The van der Waals surface area contributed by atoms with Crippen molar-refractivity contribution in [3.05, 3.63) is 17.5 Å². The average Bonchev–Trinajstić information content (AvgIpc) is 2.69. The number of anilines is 1. The van der Waals surface area contributed by atoms with Gasteiger partial charge in [0.25, 0.3) is 5.91 Å². The second kappa shape index (κ2) is 3.85. The third kappa shape index (κ3) is 1.59. The molecule has 7 heteroatoms. The number of hydrogen-bond acceptors (Lipinski definition) is 4. The molecule has 1 N–H and O–H groups in total. The molecule has 3 rings (SSSR count). The van der Waals surface area contributed by atoms with Crippen LogP contribution in [-0.2, 0) is 30.5 Å². The van der Waals surface area contributed by atoms with E-state index in [0.717, 1.165) is 11.4 Å². The van der Waals surface area contributed by atoms with Crippen molar-refractivity contribution >= 4 is 21.4 Å². The summed E-state index contributed by atoms with van der Waals surface area (Å²) in [5.41, 5.74) is 2.07. The quantitative estimate of drug-likeness (QED) is 0.782. The fourth-order valence-electron chi connectivity index (χ4n) is 2.96. The first-order valence-electron chi connectivity index (χ1n) is 6.46. The number of sulfone groups is 1. The number of nitrogens with one attached hydrogen (secondary N) is 1. The number of fused-ring (bicyclic) bond motifs is 3. The molecule has 20 heavy (non-hydrogen) atoms. The smallest absolute Gasteiger partial charge is 0.260 e. The number of nitrogens with zero attached hydrogens (tertiary/aromatic N) is 1. The summed E-state index contributed by atoms with van der Waals surface area (Å²) in [6.45, 7) is 6.07. The zero-order valence-electron chi connectivity index (χ0n) is 11.9. The third-order valence-corrected chi connectivity index (χ3v) is 5.80. The molecule has 1 aromatic heterocycles. The van der Waals surface area contributed by atoms with Gasteiger partial charge in [-0.15, -0.1) is 0 Å². The number of carbonyl (C=O) groups is 1. The number of amides is 1. The van der Waals surface area contributed by atoms with Crippen molar-refractivity contribution in [1.29, 1.82) is 0 Å². The van der Waals surface area contributed by atoms with Crippen molar-refractivity contribution in [2.24, 2.45) is 0 Å². The Balaban J connectivity index is 2.18. The first kappa shape index (κ1) is 13.6. The molecule has 0 saturated carbocycles. The Kier molecular flexibility index (Phi) is 2.63. The summed E-state index contributed by atoms with van der Waals surface area (Å²) < 4.78 is 29.6. The number of ether oxygens (including phenoxy) is 1. The third-order valence-electron chi connectivity index (χ3n) is 3.90. The summed E-state index contributed by atoms with van der Waals surface area (Å²) in [6, 6.07) is 0. The van der Waals surface area contributed by atoms with Crippen LogP contribution in [0, 0.1) is 0 Å². The summed E-state index contributed by atoms with van der Waals surface area (Å²) in [4.78, 5) is 16.7. The molecule has 2 aliphatic rings. The Morgan fingerprint density at radius 2 is 2.05 bits per heavy atom. The van der Waals surface area contributed by atoms with E-state index >= 15 is 0 Å². The lowest BCUT2D eigenvalue weighted by Crippen LogP contribution is -2.70. The number of rotatable bonds is 1. The van der Waals surface area contributed by atoms with Gasteiger partial charge in [-0.3, -0.25) is 9.69 Å². The van der Waals surface area contributed by atoms with Crippen molar-refractivity contribution in [2.45, 2.75) is 43.4 Å². The standard InChI is InChI=1S/C13H18N2O4S/c1-13(2,3)10-8-7(5-14-10)6-20(17,18)12-9(19-4)11(16)15(8)12/h5,9,12,14H,6H2,1-4H3/t9-,12+/m0/s1. The van der Waals surface area contributed by atoms with E-state index in [9.17, 15) is 13.2 Å². The molecule has 0 aromatic carbocycles. The normalized spacial score (nSPS) is 27.8. The Bertz CT molecular complexity index is 684. The molecule has 110 valence electrons. The zero-order valence-corrected chi connectivity index (χ0v) is 12.7. The predicted octanol–water partition coefficient (Wildman–Crippen LogP) is 0.928. The molecule has 2 atom stereocenters. The van der Waals surface area contributed by atoms with Crippen LogP contribution in [0.2, 0.25) is 0 Å². The molecular formula is C13H18N2O4S. The van der Waals surface area contributed by atoms with Crippen LogP contribution in [0.3, 0.4) is 0 Å². The van der Waals surface area contributed by atoms with Crippen LogP contribution in [-0.4, -0.2) is 37.9 Å². The number of methoxy groups -OCH3 is 1. The van der Waals surface area contributed by atoms with Gasteiger partial charge in [0, 0.05) is 30.0 Å². The summed E-state index contributed by atoms with van der Waals surface area (Å²) in [6.07, 6.45) is 0.813. The molecular weight excluding hydrogens is 280 g/mol. The Labute approximate surface area is 118 Å². The number of aromatic nitrogens is 1. The fourth-order valence-corrected chi connectivity index (χ4v) is 4.92. The second-order valence-corrected chi connectivity index (χ2v) is 8.45. The van der Waals surface area contributed by atoms with Crippen LogP contribution < -0.4 is 4.90 Å². The molecule has 0 spiro atoms. The van der Waals surface area contributed by atoms with Gasteiger partial charge in [-0.25, -0.2) is 8.42 Å². The van der Waals surface area contributed by atoms with Crippen LogP contribution in [0.25, 0.3) is 0 Å². The highest BCUT2D eigenvalue weighted by molar-refractivity contribution is 7.91. The van der Waals surface area contributed by atoms with E-state index < -0.39 is 21.3 Å². The van der Waals surface area contributed by atoms with Gasteiger partial charge in [0.1, 0.15) is 0 Å². The number of H-pyrrole nitrogens is 1. The highest BCUT2D eigenvalue weighted by Crippen LogP contribution is 2.46. The highest BCUT2D eigenvalue weighted by atomic mass is 32.2. The summed E-state index contributed by atoms with van der Waals surface area (Å²) in [5.74, 6) is -0.337. The van der Waals surface area contributed by atoms with E-state index in [1.807, 2.05) is 20.8 Å². The molecule has 3 heterocycles. The number of carbonyl (C=O) groups excluding carboxylic acids is 1. The molecule has 0 radical (unpaired) electrons. The van der Waals surface area contributed by atoms with Gasteiger partial charge in [0.05, 0.1) is 11.4 Å². The topological polar surface area (TPSA) is 79.5 Å². The lowest BCUT2D eigenvalue weighted by molar-refractivity contribution is -0.136. The molecule has 1 fully saturated rings. The summed E-state index contributed by atoms with van der Waals surface area (Å²) in [5, 5.41) is -0.885. The van der Waals surface area contributed by atoms with Crippen molar-refractivity contribution in [3.8, 4) is 0 Å². The first-order chi connectivity index (χ1) is 9.18. The van der Waals surface area contributed by atoms with Gasteiger partial charge in [0.15, 0.2) is 21.3 Å². The maximum Gasteiger partial charge on any atom is 0.260 e. The van der Waals surface area contributed by atoms with Gasteiger partial charge >= 0.3 is 0 Å². The van der Waals surface area contributed by atoms with E-state index in [1.165, 1.54) is 12.0 Å². The molecule has 0 aliphatic carbocycles. The maximum absolute atomic E-state index is 12.3. The number of β-lactam (4-membered cyclic amide) rings is 1. The van der Waals surface area contributed by atoms with Gasteiger partial charge in [-0.2, -0.15) is 0 Å². The van der Waals surface area contributed by atoms with Gasteiger partial charge in [-0.1, -0.05) is 20.8 Å². The van der Waals surface area contributed by atoms with Crippen molar-refractivity contribution in [1.82, 2.24) is 4.98 Å². The van der Waals surface area contributed by atoms with Crippen LogP contribution >= 0.6 is 0 Å². The molecule has 0 bridgehead atoms. The van der Waals surface area contributed by atoms with Crippen molar-refractivity contribution < 1.29 is 17.9 Å². The monoisotopic (exact) mass is 298 g/mol. The number of aromatic amines is 1. The van der Waals surface area contributed by atoms with Crippen molar-refractivity contribution in [2.75, 3.05) is 12.0 Å². The largest absolute Gasteiger partial charge is 0.368 e. The van der Waals surface area contributed by atoms with E-state index in [0.29, 0.717) is 5.56 Å². The minimum Gasteiger partial charge on any atom is -0.368 e. The van der Waals surface area contributed by atoms with Crippen LogP contribution in [0.15, 0.2) is 6.20 Å². The molecule has 1 saturated heterocycles. The van der Waals surface area contributed by atoms with Gasteiger partial charge < -0.3 is 9.72 Å². The number of hydrogen-bond donors (Lipinski definition) is 1. The molecule has 0 unspecified atom stereocenters. The fraction of sp³-hybridized carbons (Fsp3) is 0.615. The minimum absolute atomic E-state index is 0.0524.